The predicted molar refractivity (Wildman–Crippen MR) is 79.5 cm³/mol. The Kier molecular flexibility index (Phi) is 5.41. The molecule has 1 aromatic rings. The third-order valence-electron chi connectivity index (χ3n) is 3.74. The molecule has 0 aliphatic carbocycles. The summed E-state index contributed by atoms with van der Waals surface area (Å²) in [5, 5.41) is 0. The SMILES string of the molecule is CC(Oc1ccc(CN)cc1)C(=O)N1CCCCCC1. The van der Waals surface area contributed by atoms with Crippen molar-refractivity contribution < 1.29 is 9.53 Å². The van der Waals surface area contributed by atoms with E-state index in [1.54, 1.807) is 0 Å². The molecule has 0 radical (unpaired) electrons. The van der Waals surface area contributed by atoms with Gasteiger partial charge in [-0.3, -0.25) is 4.79 Å². The fraction of sp³-hybridized carbons (Fsp3) is 0.562. The zero-order valence-corrected chi connectivity index (χ0v) is 12.2. The second-order valence-corrected chi connectivity index (χ2v) is 5.35. The Morgan fingerprint density at radius 1 is 1.20 bits per heavy atom. The van der Waals surface area contributed by atoms with Gasteiger partial charge in [-0.2, -0.15) is 0 Å². The van der Waals surface area contributed by atoms with E-state index in [0.717, 1.165) is 37.2 Å². The summed E-state index contributed by atoms with van der Waals surface area (Å²) in [6.45, 7) is 4.06. The lowest BCUT2D eigenvalue weighted by molar-refractivity contribution is -0.137. The Morgan fingerprint density at radius 3 is 2.35 bits per heavy atom. The largest absolute Gasteiger partial charge is 0.481 e. The van der Waals surface area contributed by atoms with Gasteiger partial charge in [0, 0.05) is 19.6 Å². The molecule has 2 N–H and O–H groups in total. The predicted octanol–water partition coefficient (Wildman–Crippen LogP) is 2.32. The van der Waals surface area contributed by atoms with Gasteiger partial charge in [-0.1, -0.05) is 25.0 Å². The zero-order valence-electron chi connectivity index (χ0n) is 12.2. The molecule has 1 saturated heterocycles. The topological polar surface area (TPSA) is 55.6 Å². The van der Waals surface area contributed by atoms with Gasteiger partial charge in [0.1, 0.15) is 5.75 Å². The molecule has 1 amide bonds. The average molecular weight is 276 g/mol. The van der Waals surface area contributed by atoms with Crippen LogP contribution >= 0.6 is 0 Å². The first-order valence-corrected chi connectivity index (χ1v) is 7.45. The van der Waals surface area contributed by atoms with Crippen LogP contribution in [0.5, 0.6) is 5.75 Å². The Balaban J connectivity index is 1.92. The van der Waals surface area contributed by atoms with Crippen LogP contribution in [0.3, 0.4) is 0 Å². The highest BCUT2D eigenvalue weighted by Crippen LogP contribution is 2.16. The highest BCUT2D eigenvalue weighted by atomic mass is 16.5. The van der Waals surface area contributed by atoms with E-state index in [2.05, 4.69) is 0 Å². The van der Waals surface area contributed by atoms with Crippen LogP contribution in [0, 0.1) is 0 Å². The molecule has 1 unspecified atom stereocenters. The minimum absolute atomic E-state index is 0.0924. The Bertz CT molecular complexity index is 423. The van der Waals surface area contributed by atoms with E-state index >= 15 is 0 Å². The van der Waals surface area contributed by atoms with E-state index in [9.17, 15) is 4.79 Å². The van der Waals surface area contributed by atoms with Crippen molar-refractivity contribution >= 4 is 5.91 Å². The van der Waals surface area contributed by atoms with Crippen LogP contribution in [0.1, 0.15) is 38.2 Å². The monoisotopic (exact) mass is 276 g/mol. The van der Waals surface area contributed by atoms with E-state index < -0.39 is 6.10 Å². The van der Waals surface area contributed by atoms with Gasteiger partial charge in [-0.25, -0.2) is 0 Å². The Morgan fingerprint density at radius 2 is 1.80 bits per heavy atom. The first-order valence-electron chi connectivity index (χ1n) is 7.45. The normalized spacial score (nSPS) is 17.4. The van der Waals surface area contributed by atoms with Crippen molar-refractivity contribution in [2.75, 3.05) is 13.1 Å². The molecule has 1 atom stereocenters. The molecule has 1 heterocycles. The number of hydrogen-bond donors (Lipinski definition) is 1. The average Bonchev–Trinajstić information content (AvgIpc) is 2.76. The maximum absolute atomic E-state index is 12.4. The van der Waals surface area contributed by atoms with Gasteiger partial charge < -0.3 is 15.4 Å². The first kappa shape index (κ1) is 14.9. The van der Waals surface area contributed by atoms with Gasteiger partial charge >= 0.3 is 0 Å². The van der Waals surface area contributed by atoms with Gasteiger partial charge in [0.2, 0.25) is 0 Å². The van der Waals surface area contributed by atoms with Gasteiger partial charge in [0.15, 0.2) is 6.10 Å². The molecule has 1 aliphatic rings. The molecule has 4 nitrogen and oxygen atoms in total. The number of nitrogens with zero attached hydrogens (tertiary/aromatic N) is 1. The van der Waals surface area contributed by atoms with E-state index in [-0.39, 0.29) is 5.91 Å². The number of ether oxygens (including phenoxy) is 1. The molecule has 110 valence electrons. The maximum Gasteiger partial charge on any atom is 0.263 e. The van der Waals surface area contributed by atoms with Crippen LogP contribution in [0.25, 0.3) is 0 Å². The molecule has 1 fully saturated rings. The summed E-state index contributed by atoms with van der Waals surface area (Å²) in [7, 11) is 0. The number of amides is 1. The van der Waals surface area contributed by atoms with Crippen LogP contribution in [0.15, 0.2) is 24.3 Å². The summed E-state index contributed by atoms with van der Waals surface area (Å²) in [5.74, 6) is 0.813. The Labute approximate surface area is 120 Å². The molecule has 1 aliphatic heterocycles. The summed E-state index contributed by atoms with van der Waals surface area (Å²) in [5.41, 5.74) is 6.62. The molecular formula is C16H24N2O2. The summed E-state index contributed by atoms with van der Waals surface area (Å²) in [4.78, 5) is 14.3. The van der Waals surface area contributed by atoms with Crippen molar-refractivity contribution in [3.63, 3.8) is 0 Å². The fourth-order valence-corrected chi connectivity index (χ4v) is 2.51. The Hall–Kier alpha value is -1.55. The van der Waals surface area contributed by atoms with Crippen LogP contribution in [0.4, 0.5) is 0 Å². The number of benzene rings is 1. The molecule has 0 saturated carbocycles. The maximum atomic E-state index is 12.4. The highest BCUT2D eigenvalue weighted by Gasteiger charge is 2.22. The number of rotatable bonds is 4. The van der Waals surface area contributed by atoms with Crippen molar-refractivity contribution in [1.29, 1.82) is 0 Å². The molecule has 1 aromatic carbocycles. The fourth-order valence-electron chi connectivity index (χ4n) is 2.51. The van der Waals surface area contributed by atoms with Gasteiger partial charge in [0.05, 0.1) is 0 Å². The molecular weight excluding hydrogens is 252 g/mol. The lowest BCUT2D eigenvalue weighted by Crippen LogP contribution is -2.40. The lowest BCUT2D eigenvalue weighted by atomic mass is 10.2. The van der Waals surface area contributed by atoms with Crippen molar-refractivity contribution in [2.45, 2.75) is 45.3 Å². The van der Waals surface area contributed by atoms with E-state index in [0.29, 0.717) is 6.54 Å². The third kappa shape index (κ3) is 3.97. The number of carbonyl (C=O) groups is 1. The van der Waals surface area contributed by atoms with Crippen LogP contribution in [0.2, 0.25) is 0 Å². The molecule has 2 rings (SSSR count). The summed E-state index contributed by atoms with van der Waals surface area (Å²) in [6, 6.07) is 7.60. The second kappa shape index (κ2) is 7.29. The standard InChI is InChI=1S/C16H24N2O2/c1-13(16(19)18-10-4-2-3-5-11-18)20-15-8-6-14(12-17)7-9-15/h6-9,13H,2-5,10-12,17H2,1H3. The minimum Gasteiger partial charge on any atom is -0.481 e. The smallest absolute Gasteiger partial charge is 0.263 e. The number of likely N-dealkylation sites (tertiary alicyclic amines) is 1. The summed E-state index contributed by atoms with van der Waals surface area (Å²) < 4.78 is 5.74. The van der Waals surface area contributed by atoms with Crippen LogP contribution in [-0.2, 0) is 11.3 Å². The summed E-state index contributed by atoms with van der Waals surface area (Å²) in [6.07, 6.45) is 4.21. The number of nitrogens with two attached hydrogens (primary N) is 1. The van der Waals surface area contributed by atoms with E-state index in [1.165, 1.54) is 12.8 Å². The minimum atomic E-state index is -0.433. The van der Waals surface area contributed by atoms with Crippen molar-refractivity contribution in [3.8, 4) is 5.75 Å². The lowest BCUT2D eigenvalue weighted by Gasteiger charge is -2.24. The van der Waals surface area contributed by atoms with E-state index in [1.807, 2.05) is 36.1 Å². The van der Waals surface area contributed by atoms with Gasteiger partial charge in [0.25, 0.3) is 5.91 Å². The number of carbonyl (C=O) groups excluding carboxylic acids is 1. The molecule has 20 heavy (non-hydrogen) atoms. The first-order chi connectivity index (χ1) is 9.70. The van der Waals surface area contributed by atoms with Gasteiger partial charge in [-0.15, -0.1) is 0 Å². The van der Waals surface area contributed by atoms with E-state index in [4.69, 9.17) is 10.5 Å². The second-order valence-electron chi connectivity index (χ2n) is 5.35. The molecule has 4 heteroatoms. The van der Waals surface area contributed by atoms with Crippen LogP contribution < -0.4 is 10.5 Å². The van der Waals surface area contributed by atoms with Gasteiger partial charge in [-0.05, 0) is 37.5 Å². The zero-order chi connectivity index (χ0) is 14.4. The van der Waals surface area contributed by atoms with Crippen molar-refractivity contribution in [1.82, 2.24) is 4.90 Å². The highest BCUT2D eigenvalue weighted by molar-refractivity contribution is 5.80. The molecule has 0 bridgehead atoms. The quantitative estimate of drug-likeness (QED) is 0.918. The van der Waals surface area contributed by atoms with Crippen molar-refractivity contribution in [2.24, 2.45) is 5.73 Å². The molecule has 0 spiro atoms. The molecule has 0 aromatic heterocycles. The van der Waals surface area contributed by atoms with Crippen molar-refractivity contribution in [3.05, 3.63) is 29.8 Å². The summed E-state index contributed by atoms with van der Waals surface area (Å²) >= 11 is 0. The van der Waals surface area contributed by atoms with Crippen LogP contribution in [-0.4, -0.2) is 30.0 Å². The third-order valence-corrected chi connectivity index (χ3v) is 3.74. The number of hydrogen-bond acceptors (Lipinski definition) is 3.